The van der Waals surface area contributed by atoms with Gasteiger partial charge in [0.25, 0.3) is 5.91 Å². The summed E-state index contributed by atoms with van der Waals surface area (Å²) in [7, 11) is 3.10. The molecule has 36 heavy (non-hydrogen) atoms. The van der Waals surface area contributed by atoms with Gasteiger partial charge in [0, 0.05) is 30.0 Å². The Bertz CT molecular complexity index is 1210. The molecule has 192 valence electrons. The van der Waals surface area contributed by atoms with Crippen LogP contribution in [-0.4, -0.2) is 42.4 Å². The van der Waals surface area contributed by atoms with Crippen molar-refractivity contribution in [3.63, 3.8) is 0 Å². The van der Waals surface area contributed by atoms with Gasteiger partial charge in [0.2, 0.25) is 5.96 Å². The number of aromatic nitrogens is 2. The van der Waals surface area contributed by atoms with Crippen molar-refractivity contribution < 1.29 is 14.3 Å². The highest BCUT2D eigenvalue weighted by atomic mass is 16.5. The van der Waals surface area contributed by atoms with Crippen molar-refractivity contribution in [1.29, 1.82) is 0 Å². The Balaban J connectivity index is 1.82. The van der Waals surface area contributed by atoms with Crippen molar-refractivity contribution in [1.82, 2.24) is 15.1 Å². The van der Waals surface area contributed by atoms with Gasteiger partial charge in [-0.05, 0) is 74.6 Å². The quantitative estimate of drug-likeness (QED) is 0.321. The third-order valence-corrected chi connectivity index (χ3v) is 6.18. The molecule has 0 spiro atoms. The number of benzene rings is 2. The fraction of sp³-hybridized carbons (Fsp3) is 0.393. The first kappa shape index (κ1) is 26.8. The van der Waals surface area contributed by atoms with E-state index in [4.69, 9.17) is 14.5 Å². The molecule has 0 saturated heterocycles. The average molecular weight is 492 g/mol. The van der Waals surface area contributed by atoms with Crippen molar-refractivity contribution in [3.05, 3.63) is 70.5 Å². The molecule has 0 fully saturated rings. The van der Waals surface area contributed by atoms with E-state index in [1.807, 2.05) is 23.7 Å². The number of amides is 1. The van der Waals surface area contributed by atoms with Crippen LogP contribution in [-0.2, 0) is 13.0 Å². The Morgan fingerprint density at radius 2 is 1.75 bits per heavy atom. The molecule has 1 amide bonds. The van der Waals surface area contributed by atoms with Crippen molar-refractivity contribution in [2.75, 3.05) is 26.1 Å². The fourth-order valence-electron chi connectivity index (χ4n) is 4.04. The van der Waals surface area contributed by atoms with E-state index in [2.05, 4.69) is 55.6 Å². The minimum Gasteiger partial charge on any atom is -0.493 e. The molecule has 1 aromatic heterocycles. The van der Waals surface area contributed by atoms with Crippen LogP contribution in [0.1, 0.15) is 59.6 Å². The minimum atomic E-state index is -0.299. The molecule has 2 N–H and O–H groups in total. The van der Waals surface area contributed by atoms with Gasteiger partial charge in [0.1, 0.15) is 0 Å². The van der Waals surface area contributed by atoms with Gasteiger partial charge < -0.3 is 14.8 Å². The molecule has 0 bridgehead atoms. The lowest BCUT2D eigenvalue weighted by molar-refractivity contribution is 0.0976. The van der Waals surface area contributed by atoms with Crippen LogP contribution in [0, 0.1) is 13.8 Å². The van der Waals surface area contributed by atoms with Crippen LogP contribution in [0.3, 0.4) is 0 Å². The van der Waals surface area contributed by atoms with Gasteiger partial charge in [-0.25, -0.2) is 0 Å². The number of anilines is 1. The summed E-state index contributed by atoms with van der Waals surface area (Å²) in [6.07, 6.45) is 0.724. The second-order valence-electron chi connectivity index (χ2n) is 8.87. The number of nitrogens with one attached hydrogen (secondary N) is 2. The van der Waals surface area contributed by atoms with E-state index < -0.39 is 0 Å². The molecular weight excluding hydrogens is 454 g/mol. The lowest BCUT2D eigenvalue weighted by Gasteiger charge is -2.14. The minimum absolute atomic E-state index is 0.299. The Labute approximate surface area is 213 Å². The molecule has 2 aromatic carbocycles. The fourth-order valence-corrected chi connectivity index (χ4v) is 4.04. The molecule has 0 unspecified atom stereocenters. The molecule has 8 heteroatoms. The molecule has 0 aliphatic heterocycles. The summed E-state index contributed by atoms with van der Waals surface area (Å²) in [6, 6.07) is 13.2. The third kappa shape index (κ3) is 6.44. The summed E-state index contributed by atoms with van der Waals surface area (Å²) in [6.45, 7) is 11.8. The van der Waals surface area contributed by atoms with Gasteiger partial charge in [0.15, 0.2) is 11.5 Å². The number of aliphatic imine (C=N–C) groups is 1. The summed E-state index contributed by atoms with van der Waals surface area (Å²) >= 11 is 0. The lowest BCUT2D eigenvalue weighted by Crippen LogP contribution is -2.36. The molecule has 0 atom stereocenters. The standard InChI is InChI=1S/C28H37N5O3/c1-8-33-20(5)24(19(4)32-33)15-16-29-28(30-23-12-9-21(10-13-23)18(2)3)31-27(34)22-11-14-25(35-6)26(17-22)36-7/h9-14,17-18H,8,15-16H2,1-7H3,(H2,29,30,31,34). The number of aryl methyl sites for hydroxylation is 2. The van der Waals surface area contributed by atoms with E-state index in [1.54, 1.807) is 32.4 Å². The second-order valence-corrected chi connectivity index (χ2v) is 8.87. The van der Waals surface area contributed by atoms with Gasteiger partial charge >= 0.3 is 0 Å². The van der Waals surface area contributed by atoms with Gasteiger partial charge in [-0.3, -0.25) is 19.8 Å². The summed E-state index contributed by atoms with van der Waals surface area (Å²) in [5.74, 6) is 1.56. The molecule has 0 radical (unpaired) electrons. The normalized spacial score (nSPS) is 11.5. The van der Waals surface area contributed by atoms with E-state index in [0.717, 1.165) is 30.0 Å². The first-order chi connectivity index (χ1) is 17.3. The van der Waals surface area contributed by atoms with Gasteiger partial charge in [-0.2, -0.15) is 5.10 Å². The predicted octanol–water partition coefficient (Wildman–Crippen LogP) is 5.10. The largest absolute Gasteiger partial charge is 0.493 e. The van der Waals surface area contributed by atoms with E-state index in [1.165, 1.54) is 11.1 Å². The molecule has 0 aliphatic rings. The summed E-state index contributed by atoms with van der Waals surface area (Å²) in [5.41, 5.74) is 5.88. The number of hydrogen-bond acceptors (Lipinski definition) is 5. The highest BCUT2D eigenvalue weighted by molar-refractivity contribution is 6.10. The number of rotatable bonds is 9. The highest BCUT2D eigenvalue weighted by Crippen LogP contribution is 2.27. The van der Waals surface area contributed by atoms with Crippen LogP contribution >= 0.6 is 0 Å². The van der Waals surface area contributed by atoms with Crippen molar-refractivity contribution in [3.8, 4) is 11.5 Å². The number of nitrogens with zero attached hydrogens (tertiary/aromatic N) is 3. The van der Waals surface area contributed by atoms with Crippen LogP contribution in [0.15, 0.2) is 47.5 Å². The molecule has 1 heterocycles. The SMILES string of the molecule is CCn1nc(C)c(CCN=C(NC(=O)c2ccc(OC)c(OC)c2)Nc2ccc(C(C)C)cc2)c1C. The van der Waals surface area contributed by atoms with E-state index in [9.17, 15) is 4.79 Å². The monoisotopic (exact) mass is 491 g/mol. The van der Waals surface area contributed by atoms with Crippen LogP contribution in [0.2, 0.25) is 0 Å². The number of ether oxygens (including phenoxy) is 2. The smallest absolute Gasteiger partial charge is 0.258 e. The number of hydrogen-bond donors (Lipinski definition) is 2. The number of methoxy groups -OCH3 is 2. The molecule has 3 rings (SSSR count). The molecule has 0 saturated carbocycles. The van der Waals surface area contributed by atoms with Gasteiger partial charge in [0.05, 0.1) is 19.9 Å². The summed E-state index contributed by atoms with van der Waals surface area (Å²) in [5, 5.41) is 10.8. The topological polar surface area (TPSA) is 89.8 Å². The van der Waals surface area contributed by atoms with Gasteiger partial charge in [-0.1, -0.05) is 26.0 Å². The Kier molecular flexibility index (Phi) is 9.11. The maximum absolute atomic E-state index is 13.1. The average Bonchev–Trinajstić information content (AvgIpc) is 3.16. The van der Waals surface area contributed by atoms with E-state index in [-0.39, 0.29) is 5.91 Å². The molecule has 3 aromatic rings. The van der Waals surface area contributed by atoms with Crippen molar-refractivity contribution in [2.45, 2.75) is 53.5 Å². The second kappa shape index (κ2) is 12.2. The lowest BCUT2D eigenvalue weighted by atomic mass is 10.0. The van der Waals surface area contributed by atoms with Crippen LogP contribution < -0.4 is 20.1 Å². The Hall–Kier alpha value is -3.81. The summed E-state index contributed by atoms with van der Waals surface area (Å²) in [4.78, 5) is 17.8. The number of carbonyl (C=O) groups excluding carboxylic acids is 1. The Morgan fingerprint density at radius 3 is 2.33 bits per heavy atom. The first-order valence-electron chi connectivity index (χ1n) is 12.2. The third-order valence-electron chi connectivity index (χ3n) is 6.18. The zero-order valence-corrected chi connectivity index (χ0v) is 22.3. The molecule has 8 nitrogen and oxygen atoms in total. The maximum atomic E-state index is 13.1. The zero-order chi connectivity index (χ0) is 26.2. The zero-order valence-electron chi connectivity index (χ0n) is 22.3. The Morgan fingerprint density at radius 1 is 1.06 bits per heavy atom. The van der Waals surface area contributed by atoms with Crippen LogP contribution in [0.25, 0.3) is 0 Å². The van der Waals surface area contributed by atoms with Crippen molar-refractivity contribution >= 4 is 17.6 Å². The van der Waals surface area contributed by atoms with Crippen LogP contribution in [0.4, 0.5) is 5.69 Å². The summed E-state index contributed by atoms with van der Waals surface area (Å²) < 4.78 is 12.6. The number of carbonyl (C=O) groups is 1. The molecular formula is C28H37N5O3. The maximum Gasteiger partial charge on any atom is 0.258 e. The van der Waals surface area contributed by atoms with E-state index in [0.29, 0.717) is 35.5 Å². The van der Waals surface area contributed by atoms with Crippen LogP contribution in [0.5, 0.6) is 11.5 Å². The van der Waals surface area contributed by atoms with E-state index >= 15 is 0 Å². The first-order valence-corrected chi connectivity index (χ1v) is 12.2. The predicted molar refractivity (Wildman–Crippen MR) is 145 cm³/mol. The van der Waals surface area contributed by atoms with Gasteiger partial charge in [-0.15, -0.1) is 0 Å². The molecule has 0 aliphatic carbocycles. The van der Waals surface area contributed by atoms with Crippen molar-refractivity contribution in [2.24, 2.45) is 4.99 Å². The highest BCUT2D eigenvalue weighted by Gasteiger charge is 2.14. The number of guanidine groups is 1.